The van der Waals surface area contributed by atoms with Crippen LogP contribution in [0.5, 0.6) is 0 Å². The first-order valence-corrected chi connectivity index (χ1v) is 11.8. The highest BCUT2D eigenvalue weighted by atomic mass is 32.1. The maximum absolute atomic E-state index is 12.7. The van der Waals surface area contributed by atoms with Crippen molar-refractivity contribution in [2.24, 2.45) is 5.92 Å². The van der Waals surface area contributed by atoms with Gasteiger partial charge in [0.1, 0.15) is 10.6 Å². The number of aryl methyl sites for hydroxylation is 2. The van der Waals surface area contributed by atoms with Crippen molar-refractivity contribution in [3.05, 3.63) is 40.3 Å². The number of likely N-dealkylation sites (tertiary alicyclic amines) is 1. The van der Waals surface area contributed by atoms with Gasteiger partial charge in [0.25, 0.3) is 0 Å². The van der Waals surface area contributed by atoms with Gasteiger partial charge in [-0.2, -0.15) is 0 Å². The number of ether oxygens (including phenoxy) is 1. The highest BCUT2D eigenvalue weighted by Gasteiger charge is 2.24. The molecule has 2 aromatic rings. The van der Waals surface area contributed by atoms with Gasteiger partial charge in [0.2, 0.25) is 5.91 Å². The zero-order chi connectivity index (χ0) is 21.7. The van der Waals surface area contributed by atoms with Gasteiger partial charge in [-0.1, -0.05) is 25.1 Å². The lowest BCUT2D eigenvalue weighted by atomic mass is 9.99. The van der Waals surface area contributed by atoms with Gasteiger partial charge in [0.15, 0.2) is 0 Å². The second-order valence-electron chi connectivity index (χ2n) is 8.35. The van der Waals surface area contributed by atoms with E-state index >= 15 is 0 Å². The number of amides is 1. The molecule has 0 radical (unpaired) electrons. The fourth-order valence-corrected chi connectivity index (χ4v) is 4.85. The highest BCUT2D eigenvalue weighted by molar-refractivity contribution is 7.15. The van der Waals surface area contributed by atoms with Gasteiger partial charge in [0, 0.05) is 10.9 Å². The number of carbonyl (C=O) groups is 2. The van der Waals surface area contributed by atoms with Crippen molar-refractivity contribution in [3.63, 3.8) is 0 Å². The third-order valence-electron chi connectivity index (χ3n) is 6.03. The summed E-state index contributed by atoms with van der Waals surface area (Å²) in [6, 6.07) is 6.14. The maximum Gasteiger partial charge on any atom is 0.341 e. The van der Waals surface area contributed by atoms with Crippen LogP contribution in [0.25, 0.3) is 11.1 Å². The molecule has 1 aromatic carbocycles. The van der Waals surface area contributed by atoms with Crippen LogP contribution in [0.2, 0.25) is 0 Å². The lowest BCUT2D eigenvalue weighted by Gasteiger charge is -2.27. The largest absolute Gasteiger partial charge is 0.462 e. The third-order valence-corrected chi connectivity index (χ3v) is 6.92. The van der Waals surface area contributed by atoms with Gasteiger partial charge in [-0.3, -0.25) is 4.79 Å². The molecule has 0 saturated carbocycles. The Morgan fingerprint density at radius 3 is 2.60 bits per heavy atom. The second kappa shape index (κ2) is 10.2. The molecule has 1 aliphatic heterocycles. The Hall–Kier alpha value is -2.18. The Bertz CT molecular complexity index is 898. The van der Waals surface area contributed by atoms with Crippen LogP contribution in [-0.4, -0.2) is 38.1 Å². The molecule has 0 spiro atoms. The minimum absolute atomic E-state index is 0.0415. The minimum Gasteiger partial charge on any atom is -0.462 e. The number of esters is 1. The topological polar surface area (TPSA) is 59.8 Å². The molecule has 0 unspecified atom stereocenters. The molecule has 30 heavy (non-hydrogen) atoms. The van der Waals surface area contributed by atoms with Crippen LogP contribution >= 0.6 is 11.3 Å². The summed E-state index contributed by atoms with van der Waals surface area (Å²) in [5.74, 6) is 0.364. The van der Waals surface area contributed by atoms with Gasteiger partial charge in [-0.05, 0) is 56.2 Å². The van der Waals surface area contributed by atoms with Crippen LogP contribution < -0.4 is 10.2 Å². The summed E-state index contributed by atoms with van der Waals surface area (Å²) in [5, 5.41) is 5.49. The van der Waals surface area contributed by atoms with E-state index in [2.05, 4.69) is 38.2 Å². The van der Waals surface area contributed by atoms with Crippen LogP contribution in [0.3, 0.4) is 0 Å². The summed E-state index contributed by atoms with van der Waals surface area (Å²) in [4.78, 5) is 26.8. The average molecular weight is 430 g/mol. The number of piperidine rings is 1. The lowest BCUT2D eigenvalue weighted by Crippen LogP contribution is -3.13. The predicted molar refractivity (Wildman–Crippen MR) is 122 cm³/mol. The highest BCUT2D eigenvalue weighted by Crippen LogP contribution is 2.37. The summed E-state index contributed by atoms with van der Waals surface area (Å²) in [7, 11) is 0. The molecule has 0 aliphatic carbocycles. The minimum atomic E-state index is -0.391. The number of quaternary nitrogens is 1. The van der Waals surface area contributed by atoms with Crippen molar-refractivity contribution < 1.29 is 19.2 Å². The SMILES string of the molecule is CCOC(=O)c1c(-c2ccc(C)c(C)c2)csc1NC(=O)CC[NH+]1CCC(C)CC1. The number of anilines is 1. The van der Waals surface area contributed by atoms with Gasteiger partial charge >= 0.3 is 5.97 Å². The van der Waals surface area contributed by atoms with E-state index in [0.717, 1.165) is 42.2 Å². The number of benzene rings is 1. The zero-order valence-corrected chi connectivity index (χ0v) is 19.3. The molecule has 6 heteroatoms. The molecule has 0 bridgehead atoms. The Kier molecular flexibility index (Phi) is 7.67. The van der Waals surface area contributed by atoms with Crippen molar-refractivity contribution in [2.75, 3.05) is 31.6 Å². The molecule has 3 rings (SSSR count). The van der Waals surface area contributed by atoms with E-state index in [1.165, 1.54) is 34.6 Å². The lowest BCUT2D eigenvalue weighted by molar-refractivity contribution is -0.905. The van der Waals surface area contributed by atoms with Crippen LogP contribution in [-0.2, 0) is 9.53 Å². The van der Waals surface area contributed by atoms with E-state index in [0.29, 0.717) is 23.6 Å². The zero-order valence-electron chi connectivity index (χ0n) is 18.5. The van der Waals surface area contributed by atoms with E-state index in [9.17, 15) is 9.59 Å². The molecule has 1 fully saturated rings. The van der Waals surface area contributed by atoms with Crippen LogP contribution in [0.15, 0.2) is 23.6 Å². The number of thiophene rings is 1. The molecule has 5 nitrogen and oxygen atoms in total. The van der Waals surface area contributed by atoms with E-state index in [-0.39, 0.29) is 5.91 Å². The molecular weight excluding hydrogens is 396 g/mol. The molecule has 162 valence electrons. The molecule has 1 amide bonds. The Labute approximate surface area is 183 Å². The summed E-state index contributed by atoms with van der Waals surface area (Å²) < 4.78 is 5.30. The van der Waals surface area contributed by atoms with Crippen molar-refractivity contribution in [3.8, 4) is 11.1 Å². The van der Waals surface area contributed by atoms with Gasteiger partial charge in [-0.25, -0.2) is 4.79 Å². The molecule has 0 atom stereocenters. The van der Waals surface area contributed by atoms with Crippen LogP contribution in [0.4, 0.5) is 5.00 Å². The Balaban J connectivity index is 1.75. The average Bonchev–Trinajstić information content (AvgIpc) is 3.13. The smallest absolute Gasteiger partial charge is 0.341 e. The Morgan fingerprint density at radius 1 is 1.20 bits per heavy atom. The normalized spacial score (nSPS) is 18.8. The number of nitrogens with one attached hydrogen (secondary N) is 2. The molecular formula is C24H33N2O3S+. The molecule has 1 aromatic heterocycles. The molecule has 1 aliphatic rings. The molecule has 2 heterocycles. The quantitative estimate of drug-likeness (QED) is 0.657. The van der Waals surface area contributed by atoms with E-state index < -0.39 is 5.97 Å². The number of rotatable bonds is 7. The fraction of sp³-hybridized carbons (Fsp3) is 0.500. The first-order valence-electron chi connectivity index (χ1n) is 10.9. The third kappa shape index (κ3) is 5.49. The van der Waals surface area contributed by atoms with Crippen molar-refractivity contribution in [1.29, 1.82) is 0 Å². The fourth-order valence-electron chi connectivity index (χ4n) is 3.88. The van der Waals surface area contributed by atoms with Crippen molar-refractivity contribution >= 4 is 28.2 Å². The van der Waals surface area contributed by atoms with E-state index in [4.69, 9.17) is 4.74 Å². The summed E-state index contributed by atoms with van der Waals surface area (Å²) in [5.41, 5.74) is 4.60. The first kappa shape index (κ1) is 22.5. The van der Waals surface area contributed by atoms with Gasteiger partial charge < -0.3 is 15.0 Å². The number of hydrogen-bond donors (Lipinski definition) is 2. The monoisotopic (exact) mass is 429 g/mol. The van der Waals surface area contributed by atoms with Crippen LogP contribution in [0.1, 0.15) is 54.6 Å². The van der Waals surface area contributed by atoms with Crippen molar-refractivity contribution in [2.45, 2.75) is 47.0 Å². The Morgan fingerprint density at radius 2 is 1.93 bits per heavy atom. The standard InChI is InChI=1S/C24H32N2O3S/c1-5-29-24(28)22-20(19-7-6-17(3)18(4)14-19)15-30-23(22)25-21(27)10-13-26-11-8-16(2)9-12-26/h6-7,14-16H,5,8-13H2,1-4H3,(H,25,27)/p+1. The second-order valence-corrected chi connectivity index (χ2v) is 9.23. The number of carbonyl (C=O) groups excluding carboxylic acids is 2. The molecule has 2 N–H and O–H groups in total. The van der Waals surface area contributed by atoms with Gasteiger partial charge in [-0.15, -0.1) is 11.3 Å². The van der Waals surface area contributed by atoms with Gasteiger partial charge in [0.05, 0.1) is 32.7 Å². The van der Waals surface area contributed by atoms with Crippen molar-refractivity contribution in [1.82, 2.24) is 0 Å². The van der Waals surface area contributed by atoms with Crippen LogP contribution in [0, 0.1) is 19.8 Å². The molecule has 1 saturated heterocycles. The summed E-state index contributed by atoms with van der Waals surface area (Å²) in [6.07, 6.45) is 2.92. The summed E-state index contributed by atoms with van der Waals surface area (Å²) >= 11 is 1.39. The van der Waals surface area contributed by atoms with E-state index in [1.807, 2.05) is 11.4 Å². The summed E-state index contributed by atoms with van der Waals surface area (Å²) in [6.45, 7) is 11.6. The van der Waals surface area contributed by atoms with E-state index in [1.54, 1.807) is 6.92 Å². The predicted octanol–water partition coefficient (Wildman–Crippen LogP) is 3.85. The number of hydrogen-bond acceptors (Lipinski definition) is 4. The first-order chi connectivity index (χ1) is 14.4. The maximum atomic E-state index is 12.7.